The number of hydrogen-bond acceptors (Lipinski definition) is 4. The van der Waals surface area contributed by atoms with Crippen molar-refractivity contribution >= 4 is 40.4 Å². The summed E-state index contributed by atoms with van der Waals surface area (Å²) in [6, 6.07) is 14.4. The first-order chi connectivity index (χ1) is 14.6. The van der Waals surface area contributed by atoms with Gasteiger partial charge in [-0.1, -0.05) is 41.9 Å². The first-order valence-corrected chi connectivity index (χ1v) is 9.93. The number of fused-ring (bicyclic) bond motifs is 1. The molecule has 31 heavy (non-hydrogen) atoms. The predicted molar refractivity (Wildman–Crippen MR) is 117 cm³/mol. The number of H-pyrrole nitrogens is 1. The molecular formula is C22H23ClN4O4. The van der Waals surface area contributed by atoms with Gasteiger partial charge >= 0.3 is 6.09 Å². The first-order valence-electron chi connectivity index (χ1n) is 9.55. The Kier molecular flexibility index (Phi) is 6.50. The summed E-state index contributed by atoms with van der Waals surface area (Å²) >= 11 is 5.97. The summed E-state index contributed by atoms with van der Waals surface area (Å²) in [6.45, 7) is 5.16. The van der Waals surface area contributed by atoms with Gasteiger partial charge in [-0.2, -0.15) is 0 Å². The highest BCUT2D eigenvalue weighted by Crippen LogP contribution is 2.20. The Morgan fingerprint density at radius 2 is 1.71 bits per heavy atom. The second-order valence-corrected chi connectivity index (χ2v) is 8.28. The van der Waals surface area contributed by atoms with E-state index in [1.165, 1.54) is 0 Å². The van der Waals surface area contributed by atoms with Gasteiger partial charge < -0.3 is 15.0 Å². The average molecular weight is 443 g/mol. The maximum absolute atomic E-state index is 12.8. The molecule has 3 amide bonds. The van der Waals surface area contributed by atoms with E-state index in [0.29, 0.717) is 10.6 Å². The van der Waals surface area contributed by atoms with E-state index in [4.69, 9.17) is 16.3 Å². The molecule has 2 aromatic carbocycles. The van der Waals surface area contributed by atoms with E-state index in [2.05, 4.69) is 21.2 Å². The number of rotatable bonds is 4. The fourth-order valence-corrected chi connectivity index (χ4v) is 3.04. The van der Waals surface area contributed by atoms with E-state index in [-0.39, 0.29) is 5.69 Å². The van der Waals surface area contributed by atoms with Crippen molar-refractivity contribution in [1.29, 1.82) is 0 Å². The molecule has 0 aliphatic rings. The van der Waals surface area contributed by atoms with Gasteiger partial charge in [0.1, 0.15) is 17.3 Å². The Labute approximate surface area is 184 Å². The van der Waals surface area contributed by atoms with Crippen molar-refractivity contribution in [2.45, 2.75) is 32.4 Å². The van der Waals surface area contributed by atoms with Crippen molar-refractivity contribution in [3.05, 3.63) is 70.9 Å². The highest BCUT2D eigenvalue weighted by molar-refractivity contribution is 6.31. The Morgan fingerprint density at radius 3 is 2.39 bits per heavy atom. The van der Waals surface area contributed by atoms with E-state index in [1.807, 2.05) is 0 Å². The van der Waals surface area contributed by atoms with Crippen LogP contribution in [0.4, 0.5) is 4.79 Å². The van der Waals surface area contributed by atoms with Gasteiger partial charge in [0, 0.05) is 15.9 Å². The van der Waals surface area contributed by atoms with E-state index >= 15 is 0 Å². The third kappa shape index (κ3) is 5.99. The summed E-state index contributed by atoms with van der Waals surface area (Å²) in [4.78, 5) is 40.4. The van der Waals surface area contributed by atoms with Crippen LogP contribution < -0.4 is 16.2 Å². The van der Waals surface area contributed by atoms with Crippen LogP contribution in [0.1, 0.15) is 42.9 Å². The number of aromatic nitrogens is 1. The Balaban J connectivity index is 1.70. The number of halogens is 1. The number of nitrogens with one attached hydrogen (secondary N) is 4. The Bertz CT molecular complexity index is 1110. The number of hydrazine groups is 1. The monoisotopic (exact) mass is 442 g/mol. The van der Waals surface area contributed by atoms with Crippen LogP contribution in [0.3, 0.4) is 0 Å². The van der Waals surface area contributed by atoms with Crippen LogP contribution in [0, 0.1) is 0 Å². The molecule has 1 aromatic heterocycles. The summed E-state index contributed by atoms with van der Waals surface area (Å²) in [5.74, 6) is -1.19. The fourth-order valence-electron chi connectivity index (χ4n) is 2.85. The first kappa shape index (κ1) is 22.2. The van der Waals surface area contributed by atoms with Crippen molar-refractivity contribution in [3.63, 3.8) is 0 Å². The quantitative estimate of drug-likeness (QED) is 0.460. The van der Waals surface area contributed by atoms with E-state index in [1.54, 1.807) is 75.4 Å². The second kappa shape index (κ2) is 9.09. The molecule has 4 N–H and O–H groups in total. The van der Waals surface area contributed by atoms with Crippen molar-refractivity contribution in [1.82, 2.24) is 21.2 Å². The number of carbonyl (C=O) groups is 3. The topological polar surface area (TPSA) is 112 Å². The van der Waals surface area contributed by atoms with Crippen LogP contribution >= 0.6 is 11.6 Å². The van der Waals surface area contributed by atoms with E-state index < -0.39 is 29.6 Å². The molecular weight excluding hydrogens is 420 g/mol. The minimum absolute atomic E-state index is 0.244. The molecule has 0 aliphatic carbocycles. The summed E-state index contributed by atoms with van der Waals surface area (Å²) < 4.78 is 5.24. The number of alkyl carbamates (subject to hydrolysis) is 1. The highest BCUT2D eigenvalue weighted by atomic mass is 35.5. The lowest BCUT2D eigenvalue weighted by Gasteiger charge is -2.23. The van der Waals surface area contributed by atoms with Gasteiger partial charge in [-0.3, -0.25) is 20.4 Å². The lowest BCUT2D eigenvalue weighted by molar-refractivity contribution is -0.124. The zero-order chi connectivity index (χ0) is 22.6. The lowest BCUT2D eigenvalue weighted by Crippen LogP contribution is -2.48. The molecule has 0 aliphatic heterocycles. The van der Waals surface area contributed by atoms with Crippen LogP contribution in [0.15, 0.2) is 54.6 Å². The van der Waals surface area contributed by atoms with Gasteiger partial charge in [0.25, 0.3) is 11.8 Å². The van der Waals surface area contributed by atoms with Gasteiger partial charge in [0.05, 0.1) is 0 Å². The van der Waals surface area contributed by atoms with Crippen molar-refractivity contribution in [3.8, 4) is 0 Å². The van der Waals surface area contributed by atoms with Crippen LogP contribution in [0.25, 0.3) is 10.9 Å². The highest BCUT2D eigenvalue weighted by Gasteiger charge is 2.26. The van der Waals surface area contributed by atoms with Crippen LogP contribution in [-0.4, -0.2) is 28.5 Å². The molecule has 0 saturated heterocycles. The molecule has 8 nitrogen and oxygen atoms in total. The normalized spacial score (nSPS) is 12.1. The molecule has 9 heteroatoms. The molecule has 0 spiro atoms. The maximum atomic E-state index is 12.8. The van der Waals surface area contributed by atoms with Crippen molar-refractivity contribution < 1.29 is 19.1 Å². The van der Waals surface area contributed by atoms with Gasteiger partial charge in [-0.25, -0.2) is 4.79 Å². The number of ether oxygens (including phenoxy) is 1. The number of carbonyl (C=O) groups excluding carboxylic acids is 3. The summed E-state index contributed by atoms with van der Waals surface area (Å²) in [5, 5.41) is 3.84. The standard InChI is InChI=1S/C22H23ClN4O4/c1-22(2,3)31-21(30)25-18(13-7-5-4-6-8-13)20(29)27-26-19(28)17-12-14-11-15(23)9-10-16(14)24-17/h4-12,18,24H,1-3H3,(H,25,30)(H,26,28)(H,27,29). The Morgan fingerprint density at radius 1 is 1.00 bits per heavy atom. The number of benzene rings is 2. The second-order valence-electron chi connectivity index (χ2n) is 7.85. The molecule has 3 rings (SSSR count). The maximum Gasteiger partial charge on any atom is 0.408 e. The lowest BCUT2D eigenvalue weighted by atomic mass is 10.1. The zero-order valence-electron chi connectivity index (χ0n) is 17.3. The van der Waals surface area contributed by atoms with Crippen molar-refractivity contribution in [2.24, 2.45) is 0 Å². The summed E-state index contributed by atoms with van der Waals surface area (Å²) in [6.07, 6.45) is -0.754. The van der Waals surface area contributed by atoms with Crippen LogP contribution in [0.5, 0.6) is 0 Å². The van der Waals surface area contributed by atoms with Gasteiger partial charge in [-0.15, -0.1) is 0 Å². The van der Waals surface area contributed by atoms with E-state index in [9.17, 15) is 14.4 Å². The molecule has 0 fully saturated rings. The number of amides is 3. The molecule has 0 bridgehead atoms. The predicted octanol–water partition coefficient (Wildman–Crippen LogP) is 3.85. The minimum Gasteiger partial charge on any atom is -0.444 e. The van der Waals surface area contributed by atoms with Crippen LogP contribution in [-0.2, 0) is 9.53 Å². The molecule has 3 aromatic rings. The van der Waals surface area contributed by atoms with Crippen molar-refractivity contribution in [2.75, 3.05) is 0 Å². The zero-order valence-corrected chi connectivity index (χ0v) is 18.0. The molecule has 1 unspecified atom stereocenters. The number of aromatic amines is 1. The van der Waals surface area contributed by atoms with Crippen LogP contribution in [0.2, 0.25) is 5.02 Å². The molecule has 1 heterocycles. The Hall–Kier alpha value is -3.52. The third-order valence-corrected chi connectivity index (χ3v) is 4.42. The van der Waals surface area contributed by atoms with Gasteiger partial charge in [0.15, 0.2) is 0 Å². The molecule has 1 atom stereocenters. The number of hydrogen-bond donors (Lipinski definition) is 4. The van der Waals surface area contributed by atoms with Gasteiger partial charge in [0.2, 0.25) is 0 Å². The third-order valence-electron chi connectivity index (χ3n) is 4.18. The van der Waals surface area contributed by atoms with Gasteiger partial charge in [-0.05, 0) is 50.6 Å². The largest absolute Gasteiger partial charge is 0.444 e. The molecule has 0 radical (unpaired) electrons. The molecule has 0 saturated carbocycles. The average Bonchev–Trinajstić information content (AvgIpc) is 3.12. The summed E-state index contributed by atoms with van der Waals surface area (Å²) in [5.41, 5.74) is 5.48. The fraction of sp³-hybridized carbons (Fsp3) is 0.227. The minimum atomic E-state index is -1.07. The smallest absolute Gasteiger partial charge is 0.408 e. The SMILES string of the molecule is CC(C)(C)OC(=O)NC(C(=O)NNC(=O)c1cc2cc(Cl)ccc2[nH]1)c1ccccc1. The summed E-state index contributed by atoms with van der Waals surface area (Å²) in [7, 11) is 0. The van der Waals surface area contributed by atoms with E-state index in [0.717, 1.165) is 10.9 Å². The molecule has 162 valence electrons.